The highest BCUT2D eigenvalue weighted by molar-refractivity contribution is 7.98. The summed E-state index contributed by atoms with van der Waals surface area (Å²) < 4.78 is 1.99. The molecule has 2 aromatic rings. The van der Waals surface area contributed by atoms with Crippen LogP contribution >= 0.6 is 11.8 Å². The van der Waals surface area contributed by atoms with Crippen LogP contribution in [0, 0.1) is 6.92 Å². The fraction of sp³-hybridized carbons (Fsp3) is 0.550. The Hall–Kier alpha value is -2.02. The number of nitrogens with one attached hydrogen (secondary N) is 2. The fourth-order valence-electron chi connectivity index (χ4n) is 3.10. The van der Waals surface area contributed by atoms with E-state index in [-0.39, 0.29) is 5.41 Å². The molecule has 1 aliphatic carbocycles. The van der Waals surface area contributed by atoms with Crippen LogP contribution in [0.25, 0.3) is 0 Å². The van der Waals surface area contributed by atoms with E-state index in [2.05, 4.69) is 57.4 Å². The van der Waals surface area contributed by atoms with Crippen LogP contribution in [0.1, 0.15) is 36.5 Å². The number of rotatable bonds is 9. The van der Waals surface area contributed by atoms with Gasteiger partial charge in [0, 0.05) is 25.6 Å². The summed E-state index contributed by atoms with van der Waals surface area (Å²) in [6.07, 6.45) is 5.72. The first-order valence-electron chi connectivity index (χ1n) is 9.56. The third-order valence-corrected chi connectivity index (χ3v) is 5.91. The van der Waals surface area contributed by atoms with E-state index >= 15 is 0 Å². The number of hydrogen-bond donors (Lipinski definition) is 2. The highest BCUT2D eigenvalue weighted by Gasteiger charge is 2.44. The van der Waals surface area contributed by atoms with Gasteiger partial charge in [-0.3, -0.25) is 0 Å². The van der Waals surface area contributed by atoms with Crippen molar-refractivity contribution in [2.75, 3.05) is 25.1 Å². The molecule has 1 aromatic carbocycles. The Morgan fingerprint density at radius 2 is 2.00 bits per heavy atom. The number of benzene rings is 1. The number of hydrogen-bond acceptors (Lipinski definition) is 4. The van der Waals surface area contributed by atoms with Crippen LogP contribution in [0.5, 0.6) is 0 Å². The van der Waals surface area contributed by atoms with Crippen molar-refractivity contribution in [2.45, 2.75) is 38.1 Å². The zero-order valence-electron chi connectivity index (χ0n) is 16.5. The Balaban J connectivity index is 1.62. The van der Waals surface area contributed by atoms with Crippen LogP contribution in [-0.4, -0.2) is 45.8 Å². The van der Waals surface area contributed by atoms with Gasteiger partial charge in [0.25, 0.3) is 0 Å². The molecule has 1 aliphatic rings. The maximum absolute atomic E-state index is 4.75. The lowest BCUT2D eigenvalue weighted by Crippen LogP contribution is -2.41. The minimum Gasteiger partial charge on any atom is -0.356 e. The average Bonchev–Trinajstić information content (AvgIpc) is 3.43. The van der Waals surface area contributed by atoms with E-state index in [4.69, 9.17) is 4.99 Å². The zero-order valence-corrected chi connectivity index (χ0v) is 17.4. The molecule has 0 radical (unpaired) electrons. The first kappa shape index (κ1) is 19.7. The maximum Gasteiger partial charge on any atom is 0.191 e. The summed E-state index contributed by atoms with van der Waals surface area (Å²) >= 11 is 1.87. The van der Waals surface area contributed by atoms with E-state index in [1.165, 1.54) is 18.4 Å². The van der Waals surface area contributed by atoms with Crippen LogP contribution in [0.3, 0.4) is 0 Å². The molecule has 0 aliphatic heterocycles. The Bertz CT molecular complexity index is 751. The highest BCUT2D eigenvalue weighted by atomic mass is 32.2. The second-order valence-corrected chi connectivity index (χ2v) is 8.15. The molecule has 7 heteroatoms. The SMILES string of the molecule is CSCCCNC(=NCc1nnc(C)n1C)NCC1(c2ccccc2)CC1. The van der Waals surface area contributed by atoms with Crippen molar-refractivity contribution in [1.29, 1.82) is 0 Å². The van der Waals surface area contributed by atoms with Gasteiger partial charge >= 0.3 is 0 Å². The molecule has 146 valence electrons. The van der Waals surface area contributed by atoms with Crippen molar-refractivity contribution in [3.8, 4) is 0 Å². The van der Waals surface area contributed by atoms with Crippen molar-refractivity contribution in [3.63, 3.8) is 0 Å². The van der Waals surface area contributed by atoms with Crippen LogP contribution in [0.2, 0.25) is 0 Å². The summed E-state index contributed by atoms with van der Waals surface area (Å²) in [5.41, 5.74) is 1.67. The summed E-state index contributed by atoms with van der Waals surface area (Å²) in [5.74, 6) is 3.79. The number of aromatic nitrogens is 3. The largest absolute Gasteiger partial charge is 0.356 e. The van der Waals surface area contributed by atoms with Gasteiger partial charge in [-0.25, -0.2) is 4.99 Å². The minimum atomic E-state index is 0.254. The molecular formula is C20H30N6S. The Morgan fingerprint density at radius 3 is 2.63 bits per heavy atom. The van der Waals surface area contributed by atoms with Crippen LogP contribution in [0.4, 0.5) is 0 Å². The fourth-order valence-corrected chi connectivity index (χ4v) is 3.53. The summed E-state index contributed by atoms with van der Waals surface area (Å²) in [5, 5.41) is 15.4. The number of guanidine groups is 1. The lowest BCUT2D eigenvalue weighted by molar-refractivity contribution is 0.641. The molecule has 6 nitrogen and oxygen atoms in total. The van der Waals surface area contributed by atoms with Gasteiger partial charge in [-0.05, 0) is 43.8 Å². The third-order valence-electron chi connectivity index (χ3n) is 5.21. The highest BCUT2D eigenvalue weighted by Crippen LogP contribution is 2.47. The second kappa shape index (κ2) is 9.26. The molecule has 1 fully saturated rings. The van der Waals surface area contributed by atoms with Crippen LogP contribution < -0.4 is 10.6 Å². The molecule has 0 saturated heterocycles. The zero-order chi connectivity index (χ0) is 19.1. The third kappa shape index (κ3) is 5.25. The van der Waals surface area contributed by atoms with E-state index in [1.807, 2.05) is 30.3 Å². The number of thioether (sulfide) groups is 1. The quantitative estimate of drug-likeness (QED) is 0.394. The summed E-state index contributed by atoms with van der Waals surface area (Å²) in [4.78, 5) is 4.75. The van der Waals surface area contributed by atoms with Crippen molar-refractivity contribution >= 4 is 17.7 Å². The van der Waals surface area contributed by atoms with Crippen molar-refractivity contribution in [2.24, 2.45) is 12.0 Å². The van der Waals surface area contributed by atoms with Gasteiger partial charge < -0.3 is 15.2 Å². The average molecular weight is 387 g/mol. The standard InChI is InChI=1S/C20H30N6S/c1-16-24-25-18(26(16)2)14-22-19(21-12-7-13-27-3)23-15-20(10-11-20)17-8-5-4-6-9-17/h4-6,8-9H,7,10-15H2,1-3H3,(H2,21,22,23). The van der Waals surface area contributed by atoms with Crippen molar-refractivity contribution in [3.05, 3.63) is 47.5 Å². The smallest absolute Gasteiger partial charge is 0.191 e. The molecule has 1 saturated carbocycles. The number of nitrogens with zero attached hydrogens (tertiary/aromatic N) is 4. The van der Waals surface area contributed by atoms with Gasteiger partial charge in [0.05, 0.1) is 0 Å². The van der Waals surface area contributed by atoms with Crippen molar-refractivity contribution < 1.29 is 0 Å². The van der Waals surface area contributed by atoms with Gasteiger partial charge in [0.15, 0.2) is 11.8 Å². The molecule has 1 aromatic heterocycles. The topological polar surface area (TPSA) is 67.1 Å². The molecule has 0 atom stereocenters. The normalized spacial score (nSPS) is 15.6. The first-order valence-corrected chi connectivity index (χ1v) is 11.0. The number of aryl methyl sites for hydroxylation is 1. The van der Waals surface area contributed by atoms with Crippen molar-refractivity contribution in [1.82, 2.24) is 25.4 Å². The molecule has 27 heavy (non-hydrogen) atoms. The molecule has 0 unspecified atom stereocenters. The molecule has 0 bridgehead atoms. The van der Waals surface area contributed by atoms with E-state index in [0.29, 0.717) is 6.54 Å². The molecule has 0 amide bonds. The molecule has 1 heterocycles. The van der Waals surface area contributed by atoms with Gasteiger partial charge in [-0.15, -0.1) is 10.2 Å². The Kier molecular flexibility index (Phi) is 6.77. The summed E-state index contributed by atoms with van der Waals surface area (Å²) in [7, 11) is 1.98. The van der Waals surface area contributed by atoms with Gasteiger partial charge in [-0.2, -0.15) is 11.8 Å². The number of aliphatic imine (C=N–C) groups is 1. The van der Waals surface area contributed by atoms with Gasteiger partial charge in [0.2, 0.25) is 0 Å². The predicted octanol–water partition coefficient (Wildman–Crippen LogP) is 2.64. The maximum atomic E-state index is 4.75. The lowest BCUT2D eigenvalue weighted by Gasteiger charge is -2.19. The van der Waals surface area contributed by atoms with Crippen LogP contribution in [0.15, 0.2) is 35.3 Å². The van der Waals surface area contributed by atoms with E-state index in [0.717, 1.165) is 42.9 Å². The Morgan fingerprint density at radius 1 is 1.22 bits per heavy atom. The lowest BCUT2D eigenvalue weighted by atomic mass is 9.96. The summed E-state index contributed by atoms with van der Waals surface area (Å²) in [6, 6.07) is 10.8. The molecular weight excluding hydrogens is 356 g/mol. The summed E-state index contributed by atoms with van der Waals surface area (Å²) in [6.45, 7) is 4.30. The minimum absolute atomic E-state index is 0.254. The predicted molar refractivity (Wildman–Crippen MR) is 113 cm³/mol. The van der Waals surface area contributed by atoms with Gasteiger partial charge in [0.1, 0.15) is 12.4 Å². The second-order valence-electron chi connectivity index (χ2n) is 7.16. The van der Waals surface area contributed by atoms with Crippen LogP contribution in [-0.2, 0) is 19.0 Å². The molecule has 0 spiro atoms. The molecule has 2 N–H and O–H groups in total. The first-order chi connectivity index (χ1) is 13.1. The van der Waals surface area contributed by atoms with Gasteiger partial charge in [-0.1, -0.05) is 30.3 Å². The van der Waals surface area contributed by atoms with E-state index in [9.17, 15) is 0 Å². The van der Waals surface area contributed by atoms with E-state index in [1.54, 1.807) is 0 Å². The monoisotopic (exact) mass is 386 g/mol. The Labute approximate surface area is 166 Å². The molecule has 3 rings (SSSR count). The van der Waals surface area contributed by atoms with E-state index < -0.39 is 0 Å².